The molecule has 0 aromatic carbocycles. The van der Waals surface area contributed by atoms with Crippen LogP contribution in [0.25, 0.3) is 5.65 Å². The third kappa shape index (κ3) is 2.85. The fraction of sp³-hybridized carbons (Fsp3) is 0.286. The van der Waals surface area contributed by atoms with Crippen molar-refractivity contribution in [1.29, 1.82) is 0 Å². The maximum absolute atomic E-state index is 5.97. The van der Waals surface area contributed by atoms with E-state index in [0.29, 0.717) is 11.6 Å². The minimum absolute atomic E-state index is 0.224. The Hall–Kier alpha value is -1.43. The van der Waals surface area contributed by atoms with Crippen LogP contribution in [0, 0.1) is 6.92 Å². The summed E-state index contributed by atoms with van der Waals surface area (Å²) in [6, 6.07) is 3.99. The summed E-state index contributed by atoms with van der Waals surface area (Å²) in [6.45, 7) is 4.89. The minimum Gasteiger partial charge on any atom is -0.305 e. The summed E-state index contributed by atoms with van der Waals surface area (Å²) < 4.78 is 1.94. The molecule has 0 bridgehead atoms. The molecule has 104 valence electrons. The van der Waals surface area contributed by atoms with Crippen LogP contribution in [0.2, 0.25) is 5.02 Å². The van der Waals surface area contributed by atoms with Crippen LogP contribution in [-0.4, -0.2) is 14.4 Å². The van der Waals surface area contributed by atoms with E-state index in [1.165, 1.54) is 4.88 Å². The van der Waals surface area contributed by atoms with Gasteiger partial charge in [0.2, 0.25) is 0 Å². The lowest BCUT2D eigenvalue weighted by atomic mass is 10.3. The first-order chi connectivity index (χ1) is 9.61. The van der Waals surface area contributed by atoms with E-state index in [4.69, 9.17) is 11.6 Å². The Morgan fingerprint density at radius 1 is 1.40 bits per heavy atom. The van der Waals surface area contributed by atoms with Crippen molar-refractivity contribution in [3.05, 3.63) is 51.3 Å². The van der Waals surface area contributed by atoms with Gasteiger partial charge in [-0.15, -0.1) is 11.3 Å². The average molecular weight is 307 g/mol. The maximum Gasteiger partial charge on any atom is 0.137 e. The number of nitrogens with zero attached hydrogens (tertiary/aromatic N) is 3. The van der Waals surface area contributed by atoms with Crippen LogP contribution in [0.15, 0.2) is 30.7 Å². The van der Waals surface area contributed by atoms with Crippen molar-refractivity contribution in [1.82, 2.24) is 19.7 Å². The second kappa shape index (κ2) is 5.52. The van der Waals surface area contributed by atoms with Crippen molar-refractivity contribution < 1.29 is 0 Å². The first kappa shape index (κ1) is 13.5. The standard InChI is InChI=1S/C14H15ClN4S/c1-9-5-17-14(20-9)10(2)16-6-12-8-19-7-11(15)3-4-13(19)18-12/h3-5,7-8,10,16H,6H2,1-2H3. The van der Waals surface area contributed by atoms with Gasteiger partial charge in [-0.2, -0.15) is 0 Å². The van der Waals surface area contributed by atoms with E-state index in [1.807, 2.05) is 35.1 Å². The van der Waals surface area contributed by atoms with E-state index in [1.54, 1.807) is 11.3 Å². The van der Waals surface area contributed by atoms with Crippen molar-refractivity contribution in [3.63, 3.8) is 0 Å². The summed E-state index contributed by atoms with van der Waals surface area (Å²) in [6.07, 6.45) is 5.76. The minimum atomic E-state index is 0.224. The molecule has 1 N–H and O–H groups in total. The maximum atomic E-state index is 5.97. The molecule has 6 heteroatoms. The van der Waals surface area contributed by atoms with Gasteiger partial charge >= 0.3 is 0 Å². The van der Waals surface area contributed by atoms with Gasteiger partial charge in [0.25, 0.3) is 0 Å². The van der Waals surface area contributed by atoms with E-state index in [2.05, 4.69) is 29.1 Å². The molecule has 0 aliphatic rings. The van der Waals surface area contributed by atoms with Crippen molar-refractivity contribution in [2.75, 3.05) is 0 Å². The first-order valence-electron chi connectivity index (χ1n) is 6.40. The molecule has 1 atom stereocenters. The Labute approximate surface area is 126 Å². The molecule has 3 heterocycles. The molecule has 4 nitrogen and oxygen atoms in total. The lowest BCUT2D eigenvalue weighted by molar-refractivity contribution is 0.566. The van der Waals surface area contributed by atoms with Crippen LogP contribution >= 0.6 is 22.9 Å². The lowest BCUT2D eigenvalue weighted by Gasteiger charge is -2.09. The van der Waals surface area contributed by atoms with Crippen molar-refractivity contribution >= 4 is 28.6 Å². The van der Waals surface area contributed by atoms with Gasteiger partial charge in [0, 0.05) is 30.0 Å². The highest BCUT2D eigenvalue weighted by molar-refractivity contribution is 7.11. The number of aromatic nitrogens is 3. The molecule has 0 aliphatic heterocycles. The smallest absolute Gasteiger partial charge is 0.137 e. The topological polar surface area (TPSA) is 42.2 Å². The quantitative estimate of drug-likeness (QED) is 0.801. The highest BCUT2D eigenvalue weighted by Gasteiger charge is 2.10. The molecule has 0 saturated heterocycles. The molecule has 0 amide bonds. The zero-order valence-corrected chi connectivity index (χ0v) is 12.9. The Bertz CT molecular complexity index is 734. The fourth-order valence-electron chi connectivity index (χ4n) is 2.02. The Morgan fingerprint density at radius 2 is 2.25 bits per heavy atom. The summed E-state index contributed by atoms with van der Waals surface area (Å²) in [7, 11) is 0. The molecule has 0 spiro atoms. The predicted octanol–water partition coefficient (Wildman–Crippen LogP) is 3.60. The van der Waals surface area contributed by atoms with Gasteiger partial charge in [0.1, 0.15) is 10.7 Å². The average Bonchev–Trinajstić information content (AvgIpc) is 3.01. The summed E-state index contributed by atoms with van der Waals surface area (Å²) in [5.74, 6) is 0. The summed E-state index contributed by atoms with van der Waals surface area (Å²) in [5.41, 5.74) is 1.90. The molecule has 0 saturated carbocycles. The number of imidazole rings is 1. The zero-order chi connectivity index (χ0) is 14.1. The molecule has 0 radical (unpaired) electrons. The van der Waals surface area contributed by atoms with Crippen LogP contribution in [0.3, 0.4) is 0 Å². The highest BCUT2D eigenvalue weighted by Crippen LogP contribution is 2.19. The van der Waals surface area contributed by atoms with Crippen LogP contribution in [0.1, 0.15) is 28.5 Å². The Balaban J connectivity index is 1.70. The molecule has 3 aromatic rings. The largest absolute Gasteiger partial charge is 0.305 e. The number of rotatable bonds is 4. The van der Waals surface area contributed by atoms with E-state index in [0.717, 1.165) is 16.3 Å². The third-order valence-electron chi connectivity index (χ3n) is 3.06. The SMILES string of the molecule is Cc1cnc(C(C)NCc2cn3cc(Cl)ccc3n2)s1. The molecular formula is C14H15ClN4S. The van der Waals surface area contributed by atoms with Gasteiger partial charge in [0.15, 0.2) is 0 Å². The van der Waals surface area contributed by atoms with Crippen LogP contribution in [0.4, 0.5) is 0 Å². The number of thiazole rings is 1. The van der Waals surface area contributed by atoms with Crippen LogP contribution < -0.4 is 5.32 Å². The monoisotopic (exact) mass is 306 g/mol. The summed E-state index contributed by atoms with van der Waals surface area (Å²) >= 11 is 7.69. The predicted molar refractivity (Wildman–Crippen MR) is 82.3 cm³/mol. The van der Waals surface area contributed by atoms with Crippen LogP contribution in [0.5, 0.6) is 0 Å². The molecule has 20 heavy (non-hydrogen) atoms. The number of nitrogens with one attached hydrogen (secondary N) is 1. The van der Waals surface area contributed by atoms with Gasteiger partial charge in [-0.1, -0.05) is 11.6 Å². The number of pyridine rings is 1. The zero-order valence-electron chi connectivity index (χ0n) is 11.3. The van der Waals surface area contributed by atoms with Crippen molar-refractivity contribution in [2.45, 2.75) is 26.4 Å². The Morgan fingerprint density at radius 3 is 3.00 bits per heavy atom. The second-order valence-electron chi connectivity index (χ2n) is 4.76. The van der Waals surface area contributed by atoms with Crippen molar-refractivity contribution in [3.8, 4) is 0 Å². The number of hydrogen-bond acceptors (Lipinski definition) is 4. The van der Waals surface area contributed by atoms with E-state index in [9.17, 15) is 0 Å². The number of halogens is 1. The molecular weight excluding hydrogens is 292 g/mol. The highest BCUT2D eigenvalue weighted by atomic mass is 35.5. The molecule has 3 rings (SSSR count). The van der Waals surface area contributed by atoms with E-state index >= 15 is 0 Å². The third-order valence-corrected chi connectivity index (χ3v) is 4.38. The molecule has 3 aromatic heterocycles. The molecule has 0 fully saturated rings. The normalized spacial score (nSPS) is 12.9. The number of fused-ring (bicyclic) bond motifs is 1. The van der Waals surface area contributed by atoms with Gasteiger partial charge in [-0.05, 0) is 26.0 Å². The fourth-order valence-corrected chi connectivity index (χ4v) is 2.99. The summed E-state index contributed by atoms with van der Waals surface area (Å²) in [5, 5.41) is 5.26. The number of hydrogen-bond donors (Lipinski definition) is 1. The van der Waals surface area contributed by atoms with Gasteiger partial charge in [-0.25, -0.2) is 9.97 Å². The van der Waals surface area contributed by atoms with Gasteiger partial charge in [-0.3, -0.25) is 0 Å². The first-order valence-corrected chi connectivity index (χ1v) is 7.60. The lowest BCUT2D eigenvalue weighted by Crippen LogP contribution is -2.18. The Kier molecular flexibility index (Phi) is 3.74. The van der Waals surface area contributed by atoms with Crippen molar-refractivity contribution in [2.24, 2.45) is 0 Å². The van der Waals surface area contributed by atoms with Crippen LogP contribution in [-0.2, 0) is 6.54 Å². The van der Waals surface area contributed by atoms with E-state index in [-0.39, 0.29) is 6.04 Å². The van der Waals surface area contributed by atoms with Gasteiger partial charge < -0.3 is 9.72 Å². The second-order valence-corrected chi connectivity index (χ2v) is 6.46. The summed E-state index contributed by atoms with van der Waals surface area (Å²) in [4.78, 5) is 10.2. The van der Waals surface area contributed by atoms with Gasteiger partial charge in [0.05, 0.1) is 16.8 Å². The molecule has 0 aliphatic carbocycles. The molecule has 1 unspecified atom stereocenters. The van der Waals surface area contributed by atoms with E-state index < -0.39 is 0 Å². The number of aryl methyl sites for hydroxylation is 1.